The summed E-state index contributed by atoms with van der Waals surface area (Å²) in [4.78, 5) is 11.8. The van der Waals surface area contributed by atoms with Gasteiger partial charge in [-0.3, -0.25) is 14.2 Å². The first kappa shape index (κ1) is 12.0. The van der Waals surface area contributed by atoms with E-state index in [2.05, 4.69) is 29.4 Å². The van der Waals surface area contributed by atoms with Gasteiger partial charge in [0.15, 0.2) is 0 Å². The third-order valence-electron chi connectivity index (χ3n) is 3.54. The predicted octanol–water partition coefficient (Wildman–Crippen LogP) is 1.67. The zero-order valence-corrected chi connectivity index (χ0v) is 11.3. The summed E-state index contributed by atoms with van der Waals surface area (Å²) < 4.78 is 3.62. The lowest BCUT2D eigenvalue weighted by atomic mass is 9.89. The number of hydrogen-bond donors (Lipinski definition) is 1. The van der Waals surface area contributed by atoms with Crippen LogP contribution in [0, 0.1) is 0 Å². The molecule has 1 aliphatic rings. The second-order valence-corrected chi connectivity index (χ2v) is 5.22. The van der Waals surface area contributed by atoms with Crippen LogP contribution in [0.1, 0.15) is 43.4 Å². The van der Waals surface area contributed by atoms with E-state index >= 15 is 0 Å². The van der Waals surface area contributed by atoms with Gasteiger partial charge in [-0.25, -0.2) is 0 Å². The molecule has 0 bridgehead atoms. The second-order valence-electron chi connectivity index (χ2n) is 5.22. The third-order valence-corrected chi connectivity index (χ3v) is 3.54. The lowest BCUT2D eigenvalue weighted by Crippen LogP contribution is -2.24. The van der Waals surface area contributed by atoms with Gasteiger partial charge in [0.2, 0.25) is 5.91 Å². The Morgan fingerprint density at radius 2 is 2.16 bits per heavy atom. The molecule has 0 radical (unpaired) electrons. The molecule has 1 atom stereocenters. The fourth-order valence-electron chi connectivity index (χ4n) is 2.45. The Bertz CT molecular complexity index is 625. The summed E-state index contributed by atoms with van der Waals surface area (Å²) in [6, 6.07) is 0.319. The molecule has 2 aromatic rings. The molecule has 0 saturated heterocycles. The molecule has 1 aliphatic heterocycles. The first-order chi connectivity index (χ1) is 9.06. The standard InChI is InChI=1S/C13H17N5O/c1-8(2)18-7-9(5-15-18)10-4-12(19)16-13-11(10)6-14-17(13)3/h5-8,10H,4H2,1-3H3,(H,16,19). The number of amides is 1. The van der Waals surface area contributed by atoms with E-state index in [9.17, 15) is 4.79 Å². The molecule has 0 aliphatic carbocycles. The summed E-state index contributed by atoms with van der Waals surface area (Å²) >= 11 is 0. The molecule has 0 spiro atoms. The van der Waals surface area contributed by atoms with Crippen LogP contribution in [0.2, 0.25) is 0 Å². The number of aromatic nitrogens is 4. The van der Waals surface area contributed by atoms with Gasteiger partial charge in [-0.1, -0.05) is 0 Å². The van der Waals surface area contributed by atoms with Crippen LogP contribution in [-0.2, 0) is 11.8 Å². The number of hydrogen-bond acceptors (Lipinski definition) is 3. The van der Waals surface area contributed by atoms with Gasteiger partial charge in [0.25, 0.3) is 0 Å². The lowest BCUT2D eigenvalue weighted by molar-refractivity contribution is -0.116. The third kappa shape index (κ3) is 1.93. The monoisotopic (exact) mass is 259 g/mol. The maximum Gasteiger partial charge on any atom is 0.226 e. The highest BCUT2D eigenvalue weighted by Gasteiger charge is 2.30. The van der Waals surface area contributed by atoms with Gasteiger partial charge in [0.05, 0.1) is 12.4 Å². The highest BCUT2D eigenvalue weighted by Crippen LogP contribution is 2.36. The van der Waals surface area contributed by atoms with Crippen molar-refractivity contribution in [1.29, 1.82) is 0 Å². The molecule has 1 amide bonds. The molecular weight excluding hydrogens is 242 g/mol. The molecule has 1 unspecified atom stereocenters. The smallest absolute Gasteiger partial charge is 0.226 e. The van der Waals surface area contributed by atoms with Crippen molar-refractivity contribution in [2.24, 2.45) is 7.05 Å². The van der Waals surface area contributed by atoms with Crippen LogP contribution in [0.5, 0.6) is 0 Å². The largest absolute Gasteiger partial charge is 0.311 e. The fourth-order valence-corrected chi connectivity index (χ4v) is 2.45. The van der Waals surface area contributed by atoms with Gasteiger partial charge in [0, 0.05) is 37.2 Å². The summed E-state index contributed by atoms with van der Waals surface area (Å²) in [6.45, 7) is 4.17. The van der Waals surface area contributed by atoms with Crippen LogP contribution in [0.4, 0.5) is 5.82 Å². The molecule has 0 saturated carbocycles. The number of nitrogens with one attached hydrogen (secondary N) is 1. The van der Waals surface area contributed by atoms with Crippen LogP contribution in [0.25, 0.3) is 0 Å². The van der Waals surface area contributed by atoms with Crippen molar-refractivity contribution in [1.82, 2.24) is 19.6 Å². The average Bonchev–Trinajstić information content (AvgIpc) is 2.97. The SMILES string of the molecule is CC(C)n1cc(C2CC(=O)Nc3c2cnn3C)cn1. The lowest BCUT2D eigenvalue weighted by Gasteiger charge is -2.21. The van der Waals surface area contributed by atoms with Gasteiger partial charge in [-0.05, 0) is 19.4 Å². The Morgan fingerprint density at radius 3 is 2.84 bits per heavy atom. The van der Waals surface area contributed by atoms with Gasteiger partial charge < -0.3 is 5.32 Å². The number of nitrogens with zero attached hydrogens (tertiary/aromatic N) is 4. The van der Waals surface area contributed by atoms with Crippen LogP contribution >= 0.6 is 0 Å². The Balaban J connectivity index is 2.02. The highest BCUT2D eigenvalue weighted by molar-refractivity contribution is 5.94. The van der Waals surface area contributed by atoms with Gasteiger partial charge in [-0.2, -0.15) is 10.2 Å². The molecule has 0 fully saturated rings. The van der Waals surface area contributed by atoms with E-state index in [1.165, 1.54) is 0 Å². The van der Waals surface area contributed by atoms with Crippen molar-refractivity contribution in [3.05, 3.63) is 29.7 Å². The second kappa shape index (κ2) is 4.22. The predicted molar refractivity (Wildman–Crippen MR) is 70.9 cm³/mol. The van der Waals surface area contributed by atoms with E-state index in [-0.39, 0.29) is 11.8 Å². The van der Waals surface area contributed by atoms with E-state index in [0.29, 0.717) is 12.5 Å². The van der Waals surface area contributed by atoms with E-state index in [1.807, 2.05) is 30.3 Å². The Labute approximate surface area is 111 Å². The Hall–Kier alpha value is -2.11. The van der Waals surface area contributed by atoms with Gasteiger partial charge in [-0.15, -0.1) is 0 Å². The summed E-state index contributed by atoms with van der Waals surface area (Å²) in [5.41, 5.74) is 2.13. The zero-order chi connectivity index (χ0) is 13.6. The van der Waals surface area contributed by atoms with Crippen molar-refractivity contribution < 1.29 is 4.79 Å². The normalized spacial score (nSPS) is 18.5. The van der Waals surface area contributed by atoms with Crippen molar-refractivity contribution >= 4 is 11.7 Å². The van der Waals surface area contributed by atoms with E-state index in [1.54, 1.807) is 4.68 Å². The Kier molecular flexibility index (Phi) is 2.66. The van der Waals surface area contributed by atoms with E-state index in [4.69, 9.17) is 0 Å². The molecule has 6 heteroatoms. The number of aryl methyl sites for hydroxylation is 1. The Morgan fingerprint density at radius 1 is 1.37 bits per heavy atom. The molecule has 19 heavy (non-hydrogen) atoms. The molecule has 0 aromatic carbocycles. The summed E-state index contributed by atoms with van der Waals surface area (Å²) in [6.07, 6.45) is 6.14. The van der Waals surface area contributed by atoms with Crippen LogP contribution in [0.3, 0.4) is 0 Å². The van der Waals surface area contributed by atoms with E-state index < -0.39 is 0 Å². The zero-order valence-electron chi connectivity index (χ0n) is 11.3. The summed E-state index contributed by atoms with van der Waals surface area (Å²) in [5, 5.41) is 11.5. The van der Waals surface area contributed by atoms with Crippen LogP contribution < -0.4 is 5.32 Å². The molecule has 3 rings (SSSR count). The minimum atomic E-state index is 0.0263. The maximum atomic E-state index is 11.8. The fraction of sp³-hybridized carbons (Fsp3) is 0.462. The van der Waals surface area contributed by atoms with Crippen LogP contribution in [-0.4, -0.2) is 25.5 Å². The molecule has 3 heterocycles. The van der Waals surface area contributed by atoms with Gasteiger partial charge in [0.1, 0.15) is 5.82 Å². The molecular formula is C13H17N5O. The number of carbonyl (C=O) groups is 1. The molecule has 1 N–H and O–H groups in total. The first-order valence-corrected chi connectivity index (χ1v) is 6.42. The number of carbonyl (C=O) groups excluding carboxylic acids is 1. The minimum absolute atomic E-state index is 0.0263. The molecule has 6 nitrogen and oxygen atoms in total. The number of anilines is 1. The highest BCUT2D eigenvalue weighted by atomic mass is 16.1. The molecule has 2 aromatic heterocycles. The summed E-state index contributed by atoms with van der Waals surface area (Å²) in [7, 11) is 1.83. The minimum Gasteiger partial charge on any atom is -0.311 e. The van der Waals surface area contributed by atoms with Gasteiger partial charge >= 0.3 is 0 Å². The maximum absolute atomic E-state index is 11.8. The topological polar surface area (TPSA) is 64.7 Å². The quantitative estimate of drug-likeness (QED) is 0.892. The van der Waals surface area contributed by atoms with Crippen LogP contribution in [0.15, 0.2) is 18.6 Å². The summed E-state index contributed by atoms with van der Waals surface area (Å²) in [5.74, 6) is 0.863. The molecule has 100 valence electrons. The van der Waals surface area contributed by atoms with Crippen molar-refractivity contribution in [2.75, 3.05) is 5.32 Å². The van der Waals surface area contributed by atoms with Crippen molar-refractivity contribution in [2.45, 2.75) is 32.2 Å². The van der Waals surface area contributed by atoms with Crippen molar-refractivity contribution in [3.63, 3.8) is 0 Å². The average molecular weight is 259 g/mol. The first-order valence-electron chi connectivity index (χ1n) is 6.42. The number of rotatable bonds is 2. The van der Waals surface area contributed by atoms with Crippen molar-refractivity contribution in [3.8, 4) is 0 Å². The van der Waals surface area contributed by atoms with E-state index in [0.717, 1.165) is 16.9 Å². The number of fused-ring (bicyclic) bond motifs is 1.